The topological polar surface area (TPSA) is 21.3 Å². The van der Waals surface area contributed by atoms with Crippen molar-refractivity contribution in [2.45, 2.75) is 39.7 Å². The van der Waals surface area contributed by atoms with Gasteiger partial charge < -0.3 is 10.1 Å². The Kier molecular flexibility index (Phi) is 5.32. The fourth-order valence-electron chi connectivity index (χ4n) is 2.46. The molecule has 4 heteroatoms. The number of rotatable bonds is 6. The van der Waals surface area contributed by atoms with Crippen LogP contribution < -0.4 is 10.1 Å². The first-order chi connectivity index (χ1) is 9.04. The second-order valence-corrected chi connectivity index (χ2v) is 7.30. The highest BCUT2D eigenvalue weighted by Crippen LogP contribution is 2.39. The Balaban J connectivity index is 1.93. The zero-order valence-electron chi connectivity index (χ0n) is 11.6. The van der Waals surface area contributed by atoms with Crippen LogP contribution in [-0.4, -0.2) is 13.2 Å². The van der Waals surface area contributed by atoms with Crippen molar-refractivity contribution in [3.63, 3.8) is 0 Å². The minimum Gasteiger partial charge on any atom is -0.492 e. The van der Waals surface area contributed by atoms with E-state index in [1.165, 1.54) is 24.8 Å². The largest absolute Gasteiger partial charge is 0.492 e. The molecule has 1 N–H and O–H groups in total. The van der Waals surface area contributed by atoms with Crippen LogP contribution in [0, 0.1) is 5.41 Å². The third kappa shape index (κ3) is 3.96. The van der Waals surface area contributed by atoms with E-state index >= 15 is 0 Å². The van der Waals surface area contributed by atoms with Gasteiger partial charge in [0.15, 0.2) is 0 Å². The second kappa shape index (κ2) is 6.59. The molecule has 2 nitrogen and oxygen atoms in total. The average Bonchev–Trinajstić information content (AvgIpc) is 2.32. The molecule has 0 amide bonds. The Hall–Kier alpha value is -0.0600. The highest BCUT2D eigenvalue weighted by atomic mass is 79.9. The number of halogens is 2. The molecular formula is C15H21Br2NO. The number of hydrogen-bond acceptors (Lipinski definition) is 2. The summed E-state index contributed by atoms with van der Waals surface area (Å²) in [5, 5.41) is 3.57. The molecular weight excluding hydrogens is 370 g/mol. The first kappa shape index (κ1) is 15.3. The van der Waals surface area contributed by atoms with Gasteiger partial charge in [-0.15, -0.1) is 0 Å². The fourth-order valence-corrected chi connectivity index (χ4v) is 3.97. The molecule has 0 unspecified atom stereocenters. The van der Waals surface area contributed by atoms with Gasteiger partial charge in [0.25, 0.3) is 0 Å². The maximum Gasteiger partial charge on any atom is 0.147 e. The molecule has 1 saturated carbocycles. The smallest absolute Gasteiger partial charge is 0.147 e. The maximum atomic E-state index is 5.59. The van der Waals surface area contributed by atoms with Gasteiger partial charge in [0.2, 0.25) is 0 Å². The third-order valence-corrected chi connectivity index (χ3v) is 4.97. The number of benzene rings is 1. The monoisotopic (exact) mass is 389 g/mol. The van der Waals surface area contributed by atoms with Crippen LogP contribution >= 0.6 is 31.9 Å². The van der Waals surface area contributed by atoms with Crippen molar-refractivity contribution in [2.24, 2.45) is 5.41 Å². The van der Waals surface area contributed by atoms with Gasteiger partial charge in [-0.1, -0.05) is 13.3 Å². The van der Waals surface area contributed by atoms with E-state index in [0.717, 1.165) is 27.8 Å². The maximum absolute atomic E-state index is 5.59. The molecule has 106 valence electrons. The minimum absolute atomic E-state index is 0.528. The van der Waals surface area contributed by atoms with Crippen LogP contribution in [0.2, 0.25) is 0 Å². The normalized spacial score (nSPS) is 17.1. The Morgan fingerprint density at radius 1 is 1.26 bits per heavy atom. The molecule has 0 saturated heterocycles. The summed E-state index contributed by atoms with van der Waals surface area (Å²) in [5.74, 6) is 0.886. The van der Waals surface area contributed by atoms with Gasteiger partial charge in [0.05, 0.1) is 15.6 Å². The first-order valence-corrected chi connectivity index (χ1v) is 8.44. The van der Waals surface area contributed by atoms with Crippen molar-refractivity contribution >= 4 is 31.9 Å². The Morgan fingerprint density at radius 2 is 1.89 bits per heavy atom. The van der Waals surface area contributed by atoms with Gasteiger partial charge in [0, 0.05) is 13.1 Å². The summed E-state index contributed by atoms with van der Waals surface area (Å²) >= 11 is 7.14. The SMILES string of the molecule is CCOc1c(Br)cc(CNCC2(C)CCC2)cc1Br. The van der Waals surface area contributed by atoms with Crippen molar-refractivity contribution in [1.82, 2.24) is 5.32 Å². The Bertz CT molecular complexity index is 421. The van der Waals surface area contributed by atoms with Crippen LogP contribution in [0.15, 0.2) is 21.1 Å². The molecule has 1 aromatic rings. The molecule has 1 aliphatic rings. The zero-order chi connectivity index (χ0) is 13.9. The number of nitrogens with one attached hydrogen (secondary N) is 1. The van der Waals surface area contributed by atoms with Crippen molar-refractivity contribution in [3.8, 4) is 5.75 Å². The number of ether oxygens (including phenoxy) is 1. The molecule has 0 bridgehead atoms. The van der Waals surface area contributed by atoms with Crippen molar-refractivity contribution < 1.29 is 4.74 Å². The predicted molar refractivity (Wildman–Crippen MR) is 86.7 cm³/mol. The van der Waals surface area contributed by atoms with Crippen molar-refractivity contribution in [1.29, 1.82) is 0 Å². The minimum atomic E-state index is 0.528. The molecule has 1 aliphatic carbocycles. The summed E-state index contributed by atoms with van der Waals surface area (Å²) < 4.78 is 7.61. The first-order valence-electron chi connectivity index (χ1n) is 6.85. The van der Waals surface area contributed by atoms with Crippen LogP contribution in [0.3, 0.4) is 0 Å². The van der Waals surface area contributed by atoms with Crippen molar-refractivity contribution in [2.75, 3.05) is 13.2 Å². The molecule has 0 spiro atoms. The third-order valence-electron chi connectivity index (χ3n) is 3.79. The lowest BCUT2D eigenvalue weighted by atomic mass is 9.70. The van der Waals surface area contributed by atoms with E-state index in [2.05, 4.69) is 56.2 Å². The van der Waals surface area contributed by atoms with E-state index in [-0.39, 0.29) is 0 Å². The molecule has 19 heavy (non-hydrogen) atoms. The summed E-state index contributed by atoms with van der Waals surface area (Å²) in [6.07, 6.45) is 4.10. The molecule has 2 rings (SSSR count). The Labute approximate surface area is 132 Å². The molecule has 0 atom stereocenters. The molecule has 0 heterocycles. The van der Waals surface area contributed by atoms with Crippen LogP contribution in [-0.2, 0) is 6.54 Å². The fraction of sp³-hybridized carbons (Fsp3) is 0.600. The predicted octanol–water partition coefficient (Wildman–Crippen LogP) is 4.89. The average molecular weight is 391 g/mol. The van der Waals surface area contributed by atoms with E-state index in [1.54, 1.807) is 0 Å². The van der Waals surface area contributed by atoms with Crippen LogP contribution in [0.5, 0.6) is 5.75 Å². The molecule has 0 radical (unpaired) electrons. The quantitative estimate of drug-likeness (QED) is 0.746. The highest BCUT2D eigenvalue weighted by molar-refractivity contribution is 9.11. The van der Waals surface area contributed by atoms with E-state index in [4.69, 9.17) is 4.74 Å². The summed E-state index contributed by atoms with van der Waals surface area (Å²) in [7, 11) is 0. The van der Waals surface area contributed by atoms with E-state index in [1.807, 2.05) is 6.92 Å². The lowest BCUT2D eigenvalue weighted by molar-refractivity contribution is 0.156. The van der Waals surface area contributed by atoms with Gasteiger partial charge >= 0.3 is 0 Å². The summed E-state index contributed by atoms with van der Waals surface area (Å²) in [5.41, 5.74) is 1.80. The summed E-state index contributed by atoms with van der Waals surface area (Å²) in [6.45, 7) is 7.04. The summed E-state index contributed by atoms with van der Waals surface area (Å²) in [6, 6.07) is 4.26. The highest BCUT2D eigenvalue weighted by Gasteiger charge is 2.30. The van der Waals surface area contributed by atoms with Gasteiger partial charge in [-0.05, 0) is 74.7 Å². The molecule has 0 aliphatic heterocycles. The standard InChI is InChI=1S/C15H21Br2NO/c1-3-19-14-12(16)7-11(8-13(14)17)9-18-10-15(2)5-4-6-15/h7-8,18H,3-6,9-10H2,1-2H3. The van der Waals surface area contributed by atoms with Crippen LogP contribution in [0.4, 0.5) is 0 Å². The molecule has 0 aromatic heterocycles. The Morgan fingerprint density at radius 3 is 2.37 bits per heavy atom. The number of hydrogen-bond donors (Lipinski definition) is 1. The van der Waals surface area contributed by atoms with E-state index in [0.29, 0.717) is 12.0 Å². The van der Waals surface area contributed by atoms with Gasteiger partial charge in [-0.3, -0.25) is 0 Å². The van der Waals surface area contributed by atoms with Gasteiger partial charge in [-0.2, -0.15) is 0 Å². The lowest BCUT2D eigenvalue weighted by Crippen LogP contribution is -2.36. The van der Waals surface area contributed by atoms with Crippen molar-refractivity contribution in [3.05, 3.63) is 26.6 Å². The lowest BCUT2D eigenvalue weighted by Gasteiger charge is -2.38. The zero-order valence-corrected chi connectivity index (χ0v) is 14.7. The molecule has 1 aromatic carbocycles. The second-order valence-electron chi connectivity index (χ2n) is 5.59. The van der Waals surface area contributed by atoms with E-state index < -0.39 is 0 Å². The van der Waals surface area contributed by atoms with Crippen LogP contribution in [0.1, 0.15) is 38.7 Å². The molecule has 1 fully saturated rings. The van der Waals surface area contributed by atoms with Gasteiger partial charge in [-0.25, -0.2) is 0 Å². The summed E-state index contributed by atoms with van der Waals surface area (Å²) in [4.78, 5) is 0. The van der Waals surface area contributed by atoms with E-state index in [9.17, 15) is 0 Å². The van der Waals surface area contributed by atoms with Crippen LogP contribution in [0.25, 0.3) is 0 Å². The van der Waals surface area contributed by atoms with Gasteiger partial charge in [0.1, 0.15) is 5.75 Å².